The molecule has 0 unspecified atom stereocenters. The molecule has 2 aromatic rings. The summed E-state index contributed by atoms with van der Waals surface area (Å²) in [4.78, 5) is 25.8. The predicted molar refractivity (Wildman–Crippen MR) is 89.6 cm³/mol. The number of nitrogens with zero attached hydrogens (tertiary/aromatic N) is 1. The van der Waals surface area contributed by atoms with Gasteiger partial charge in [-0.25, -0.2) is 4.79 Å². The molecular weight excluding hydrogens is 358 g/mol. The van der Waals surface area contributed by atoms with Crippen molar-refractivity contribution >= 4 is 33.5 Å². The summed E-state index contributed by atoms with van der Waals surface area (Å²) in [6, 6.07) is 12.7. The SMILES string of the molecule is O=C(O)c1cccc(CN2C(=O)C3(CC3)c3cc(Br)ccc32)c1. The Labute approximate surface area is 141 Å². The van der Waals surface area contributed by atoms with Gasteiger partial charge in [0.2, 0.25) is 5.91 Å². The molecule has 23 heavy (non-hydrogen) atoms. The van der Waals surface area contributed by atoms with Crippen molar-refractivity contribution in [3.05, 3.63) is 63.6 Å². The molecule has 2 aromatic carbocycles. The molecule has 1 spiro atoms. The minimum absolute atomic E-state index is 0.131. The zero-order valence-corrected chi connectivity index (χ0v) is 13.8. The highest BCUT2D eigenvalue weighted by Crippen LogP contribution is 2.58. The molecule has 116 valence electrons. The number of amides is 1. The molecule has 4 nitrogen and oxygen atoms in total. The molecule has 1 N–H and O–H groups in total. The average molecular weight is 372 g/mol. The van der Waals surface area contributed by atoms with Crippen molar-refractivity contribution in [3.63, 3.8) is 0 Å². The molecule has 1 fully saturated rings. The van der Waals surface area contributed by atoms with E-state index in [4.69, 9.17) is 5.11 Å². The van der Waals surface area contributed by atoms with Crippen LogP contribution in [0, 0.1) is 0 Å². The summed E-state index contributed by atoms with van der Waals surface area (Å²) in [6.07, 6.45) is 1.78. The molecule has 1 aliphatic carbocycles. The third-order valence-electron chi connectivity index (χ3n) is 4.68. The van der Waals surface area contributed by atoms with E-state index in [-0.39, 0.29) is 16.9 Å². The van der Waals surface area contributed by atoms with Crippen LogP contribution in [0.4, 0.5) is 5.69 Å². The Morgan fingerprint density at radius 2 is 2.00 bits per heavy atom. The molecule has 0 aromatic heterocycles. The van der Waals surface area contributed by atoms with Gasteiger partial charge in [-0.1, -0.05) is 28.1 Å². The average Bonchev–Trinajstić information content (AvgIpc) is 3.30. The first-order valence-corrected chi connectivity index (χ1v) is 8.25. The van der Waals surface area contributed by atoms with Gasteiger partial charge in [-0.15, -0.1) is 0 Å². The molecule has 1 amide bonds. The van der Waals surface area contributed by atoms with Gasteiger partial charge in [-0.05, 0) is 54.3 Å². The second kappa shape index (κ2) is 4.93. The number of carbonyl (C=O) groups is 2. The molecular formula is C18H14BrNO3. The van der Waals surface area contributed by atoms with Gasteiger partial charge in [-0.2, -0.15) is 0 Å². The summed E-state index contributed by atoms with van der Waals surface area (Å²) in [6.45, 7) is 0.399. The van der Waals surface area contributed by atoms with Gasteiger partial charge in [0.25, 0.3) is 0 Å². The second-order valence-corrected chi connectivity index (χ2v) is 7.06. The van der Waals surface area contributed by atoms with Gasteiger partial charge in [0.1, 0.15) is 0 Å². The number of benzene rings is 2. The van der Waals surface area contributed by atoms with Crippen LogP contribution in [0.25, 0.3) is 0 Å². The topological polar surface area (TPSA) is 57.6 Å². The Balaban J connectivity index is 1.72. The predicted octanol–water partition coefficient (Wildman–Crippen LogP) is 3.73. The van der Waals surface area contributed by atoms with E-state index in [0.717, 1.165) is 34.1 Å². The van der Waals surface area contributed by atoms with Crippen LogP contribution in [0.15, 0.2) is 46.9 Å². The van der Waals surface area contributed by atoms with E-state index in [2.05, 4.69) is 15.9 Å². The third kappa shape index (κ3) is 2.18. The lowest BCUT2D eigenvalue weighted by Crippen LogP contribution is -2.31. The summed E-state index contributed by atoms with van der Waals surface area (Å²) >= 11 is 3.48. The van der Waals surface area contributed by atoms with Crippen molar-refractivity contribution in [1.82, 2.24) is 0 Å². The molecule has 0 atom stereocenters. The van der Waals surface area contributed by atoms with Gasteiger partial charge >= 0.3 is 5.97 Å². The first kappa shape index (κ1) is 14.5. The van der Waals surface area contributed by atoms with E-state index in [1.54, 1.807) is 23.1 Å². The lowest BCUT2D eigenvalue weighted by atomic mass is 9.98. The van der Waals surface area contributed by atoms with Crippen molar-refractivity contribution < 1.29 is 14.7 Å². The maximum absolute atomic E-state index is 12.9. The quantitative estimate of drug-likeness (QED) is 0.894. The van der Waals surface area contributed by atoms with Crippen molar-refractivity contribution in [2.45, 2.75) is 24.8 Å². The molecule has 4 rings (SSSR count). The highest BCUT2D eigenvalue weighted by Gasteiger charge is 2.59. The van der Waals surface area contributed by atoms with Crippen LogP contribution in [0.5, 0.6) is 0 Å². The Bertz CT molecular complexity index is 842. The summed E-state index contributed by atoms with van der Waals surface area (Å²) in [5.74, 6) is -0.825. The zero-order valence-electron chi connectivity index (χ0n) is 12.3. The van der Waals surface area contributed by atoms with Crippen LogP contribution in [-0.4, -0.2) is 17.0 Å². The monoisotopic (exact) mass is 371 g/mol. The Morgan fingerprint density at radius 3 is 2.70 bits per heavy atom. The number of anilines is 1. The summed E-state index contributed by atoms with van der Waals surface area (Å²) in [5, 5.41) is 9.12. The van der Waals surface area contributed by atoms with Gasteiger partial charge in [0, 0.05) is 10.2 Å². The highest BCUT2D eigenvalue weighted by molar-refractivity contribution is 9.10. The second-order valence-electron chi connectivity index (χ2n) is 6.14. The van der Waals surface area contributed by atoms with E-state index in [9.17, 15) is 9.59 Å². The fourth-order valence-corrected chi connectivity index (χ4v) is 3.72. The minimum Gasteiger partial charge on any atom is -0.478 e. The Kier molecular flexibility index (Phi) is 3.10. The fourth-order valence-electron chi connectivity index (χ4n) is 3.36. The number of carboxylic acids is 1. The van der Waals surface area contributed by atoms with E-state index in [0.29, 0.717) is 6.54 Å². The smallest absolute Gasteiger partial charge is 0.335 e. The molecule has 5 heteroatoms. The number of rotatable bonds is 3. The van der Waals surface area contributed by atoms with Crippen LogP contribution in [0.2, 0.25) is 0 Å². The minimum atomic E-state index is -0.956. The van der Waals surface area contributed by atoms with Crippen molar-refractivity contribution in [1.29, 1.82) is 0 Å². The van der Waals surface area contributed by atoms with Crippen molar-refractivity contribution in [2.75, 3.05) is 4.90 Å². The van der Waals surface area contributed by atoms with Gasteiger partial charge in [0.05, 0.1) is 17.5 Å². The highest BCUT2D eigenvalue weighted by atomic mass is 79.9. The number of hydrogen-bond donors (Lipinski definition) is 1. The van der Waals surface area contributed by atoms with Crippen LogP contribution in [-0.2, 0) is 16.8 Å². The lowest BCUT2D eigenvalue weighted by molar-refractivity contribution is -0.120. The molecule has 0 saturated heterocycles. The number of fused-ring (bicyclic) bond motifs is 2. The number of halogens is 1. The molecule has 1 saturated carbocycles. The van der Waals surface area contributed by atoms with E-state index in [1.807, 2.05) is 24.3 Å². The largest absolute Gasteiger partial charge is 0.478 e. The van der Waals surface area contributed by atoms with Gasteiger partial charge in [0.15, 0.2) is 0 Å². The van der Waals surface area contributed by atoms with Crippen LogP contribution >= 0.6 is 15.9 Å². The lowest BCUT2D eigenvalue weighted by Gasteiger charge is -2.18. The number of aromatic carboxylic acids is 1. The molecule has 2 aliphatic rings. The van der Waals surface area contributed by atoms with Crippen molar-refractivity contribution in [3.8, 4) is 0 Å². The van der Waals surface area contributed by atoms with E-state index in [1.165, 1.54) is 0 Å². The molecule has 0 radical (unpaired) electrons. The van der Waals surface area contributed by atoms with Gasteiger partial charge < -0.3 is 10.0 Å². The summed E-state index contributed by atoms with van der Waals surface area (Å²) in [7, 11) is 0. The van der Waals surface area contributed by atoms with E-state index >= 15 is 0 Å². The zero-order chi connectivity index (χ0) is 16.2. The third-order valence-corrected chi connectivity index (χ3v) is 5.18. The number of carbonyl (C=O) groups excluding carboxylic acids is 1. The van der Waals surface area contributed by atoms with E-state index < -0.39 is 5.97 Å². The molecule has 0 bridgehead atoms. The van der Waals surface area contributed by atoms with Gasteiger partial charge in [-0.3, -0.25) is 4.79 Å². The molecule has 1 aliphatic heterocycles. The maximum Gasteiger partial charge on any atom is 0.335 e. The van der Waals surface area contributed by atoms with Crippen LogP contribution < -0.4 is 4.90 Å². The Morgan fingerprint density at radius 1 is 1.22 bits per heavy atom. The Hall–Kier alpha value is -2.14. The normalized spacial score (nSPS) is 17.4. The standard InChI is InChI=1S/C18H14BrNO3/c19-13-4-5-15-14(9-13)18(6-7-18)17(23)20(15)10-11-2-1-3-12(8-11)16(21)22/h1-5,8-9H,6-7,10H2,(H,21,22). The fraction of sp³-hybridized carbons (Fsp3) is 0.222. The van der Waals surface area contributed by atoms with Crippen LogP contribution in [0.3, 0.4) is 0 Å². The first-order chi connectivity index (χ1) is 11.0. The van der Waals surface area contributed by atoms with Crippen LogP contribution in [0.1, 0.15) is 34.3 Å². The molecule has 1 heterocycles. The first-order valence-electron chi connectivity index (χ1n) is 7.45. The maximum atomic E-state index is 12.9. The number of carboxylic acid groups (broad SMARTS) is 1. The number of hydrogen-bond acceptors (Lipinski definition) is 2. The summed E-state index contributed by atoms with van der Waals surface area (Å²) < 4.78 is 0.977. The van der Waals surface area contributed by atoms with Crippen molar-refractivity contribution in [2.24, 2.45) is 0 Å². The summed E-state index contributed by atoms with van der Waals surface area (Å²) in [5.41, 5.74) is 2.75.